The molecule has 2 aromatic rings. The summed E-state index contributed by atoms with van der Waals surface area (Å²) in [7, 11) is 0. The summed E-state index contributed by atoms with van der Waals surface area (Å²) in [5.41, 5.74) is 8.02. The highest BCUT2D eigenvalue weighted by atomic mass is 35.5. The Labute approximate surface area is 139 Å². The van der Waals surface area contributed by atoms with Crippen molar-refractivity contribution in [3.05, 3.63) is 68.2 Å². The van der Waals surface area contributed by atoms with Gasteiger partial charge in [0.25, 0.3) is 0 Å². The lowest BCUT2D eigenvalue weighted by Gasteiger charge is -2.25. The molecule has 0 radical (unpaired) electrons. The number of aliphatic hydroxyl groups excluding tert-OH is 1. The van der Waals surface area contributed by atoms with Gasteiger partial charge in [-0.3, -0.25) is 0 Å². The minimum absolute atomic E-state index is 0.203. The van der Waals surface area contributed by atoms with E-state index >= 15 is 0 Å². The van der Waals surface area contributed by atoms with Gasteiger partial charge < -0.3 is 10.8 Å². The third-order valence-electron chi connectivity index (χ3n) is 3.55. The van der Waals surface area contributed by atoms with E-state index in [9.17, 15) is 5.11 Å². The third-order valence-corrected chi connectivity index (χ3v) is 4.72. The van der Waals surface area contributed by atoms with E-state index in [1.165, 1.54) is 0 Å². The number of aryl methyl sites for hydroxylation is 1. The number of aliphatic hydroxyl groups is 1. The van der Waals surface area contributed by atoms with Gasteiger partial charge in [0.15, 0.2) is 0 Å². The Kier molecular flexibility index (Phi) is 5.53. The lowest BCUT2D eigenvalue weighted by molar-refractivity contribution is 0.147. The standard InChI is InChI=1S/C16H16Cl3NO/c1-9-4-2-5-10(15(9)19)16(21)11(8-20)14-12(17)6-3-7-13(14)18/h2-7,11,16,21H,8,20H2,1H3. The Bertz CT molecular complexity index is 625. The highest BCUT2D eigenvalue weighted by Crippen LogP contribution is 2.40. The van der Waals surface area contributed by atoms with Crippen molar-refractivity contribution in [3.8, 4) is 0 Å². The molecule has 2 aromatic carbocycles. The monoisotopic (exact) mass is 343 g/mol. The van der Waals surface area contributed by atoms with Gasteiger partial charge in [-0.15, -0.1) is 0 Å². The van der Waals surface area contributed by atoms with Crippen molar-refractivity contribution in [2.45, 2.75) is 18.9 Å². The predicted molar refractivity (Wildman–Crippen MR) is 89.4 cm³/mol. The van der Waals surface area contributed by atoms with Crippen LogP contribution in [0, 0.1) is 6.92 Å². The number of rotatable bonds is 4. The van der Waals surface area contributed by atoms with Crippen molar-refractivity contribution < 1.29 is 5.11 Å². The van der Waals surface area contributed by atoms with E-state index in [1.54, 1.807) is 24.3 Å². The van der Waals surface area contributed by atoms with Crippen LogP contribution in [0.4, 0.5) is 0 Å². The van der Waals surface area contributed by atoms with Gasteiger partial charge in [0.05, 0.1) is 6.10 Å². The summed E-state index contributed by atoms with van der Waals surface area (Å²) in [6, 6.07) is 10.7. The van der Waals surface area contributed by atoms with Crippen LogP contribution in [0.1, 0.15) is 28.7 Å². The maximum atomic E-state index is 10.7. The summed E-state index contributed by atoms with van der Waals surface area (Å²) in [6.07, 6.45) is -0.875. The summed E-state index contributed by atoms with van der Waals surface area (Å²) in [5, 5.41) is 12.2. The van der Waals surface area contributed by atoms with E-state index in [4.69, 9.17) is 40.5 Å². The topological polar surface area (TPSA) is 46.2 Å². The second kappa shape index (κ2) is 6.99. The van der Waals surface area contributed by atoms with Gasteiger partial charge in [-0.2, -0.15) is 0 Å². The van der Waals surface area contributed by atoms with Crippen molar-refractivity contribution in [2.75, 3.05) is 6.54 Å². The number of hydrogen-bond acceptors (Lipinski definition) is 2. The predicted octanol–water partition coefficient (Wildman–Crippen LogP) is 4.73. The largest absolute Gasteiger partial charge is 0.388 e. The molecule has 0 amide bonds. The molecule has 0 aliphatic rings. The van der Waals surface area contributed by atoms with Gasteiger partial charge in [0.2, 0.25) is 0 Å². The van der Waals surface area contributed by atoms with Crippen LogP contribution in [0.2, 0.25) is 15.1 Å². The van der Waals surface area contributed by atoms with Gasteiger partial charge in [-0.25, -0.2) is 0 Å². The highest BCUT2D eigenvalue weighted by molar-refractivity contribution is 6.36. The second-order valence-corrected chi connectivity index (χ2v) is 6.09. The zero-order valence-electron chi connectivity index (χ0n) is 11.5. The molecular formula is C16H16Cl3NO. The molecule has 0 saturated carbocycles. The smallest absolute Gasteiger partial charge is 0.0886 e. The van der Waals surface area contributed by atoms with Crippen molar-refractivity contribution in [1.29, 1.82) is 0 Å². The molecule has 0 saturated heterocycles. The third kappa shape index (κ3) is 3.36. The van der Waals surface area contributed by atoms with Crippen LogP contribution in [-0.4, -0.2) is 11.7 Å². The van der Waals surface area contributed by atoms with E-state index in [0.29, 0.717) is 26.2 Å². The highest BCUT2D eigenvalue weighted by Gasteiger charge is 2.27. The van der Waals surface area contributed by atoms with Gasteiger partial charge in [-0.1, -0.05) is 59.1 Å². The maximum Gasteiger partial charge on any atom is 0.0886 e. The molecule has 0 aromatic heterocycles. The maximum absolute atomic E-state index is 10.7. The van der Waals surface area contributed by atoms with Crippen LogP contribution in [0.25, 0.3) is 0 Å². The Morgan fingerprint density at radius 3 is 2.19 bits per heavy atom. The molecule has 2 rings (SSSR count). The van der Waals surface area contributed by atoms with E-state index < -0.39 is 12.0 Å². The number of hydrogen-bond donors (Lipinski definition) is 2. The molecule has 0 aliphatic heterocycles. The number of benzene rings is 2. The molecule has 0 fully saturated rings. The quantitative estimate of drug-likeness (QED) is 0.842. The Balaban J connectivity index is 2.48. The molecule has 0 bridgehead atoms. The van der Waals surface area contributed by atoms with Crippen molar-refractivity contribution in [3.63, 3.8) is 0 Å². The first-order chi connectivity index (χ1) is 9.97. The summed E-state index contributed by atoms with van der Waals surface area (Å²) in [5.74, 6) is -0.425. The molecule has 0 spiro atoms. The lowest BCUT2D eigenvalue weighted by atomic mass is 9.88. The Morgan fingerprint density at radius 2 is 1.62 bits per heavy atom. The minimum Gasteiger partial charge on any atom is -0.388 e. The summed E-state index contributed by atoms with van der Waals surface area (Å²) in [4.78, 5) is 0. The molecule has 21 heavy (non-hydrogen) atoms. The fourth-order valence-corrected chi connectivity index (χ4v) is 3.30. The van der Waals surface area contributed by atoms with Crippen LogP contribution >= 0.6 is 34.8 Å². The summed E-state index contributed by atoms with van der Waals surface area (Å²) < 4.78 is 0. The van der Waals surface area contributed by atoms with Gasteiger partial charge in [-0.05, 0) is 30.2 Å². The van der Waals surface area contributed by atoms with E-state index in [1.807, 2.05) is 19.1 Å². The second-order valence-electron chi connectivity index (χ2n) is 4.90. The van der Waals surface area contributed by atoms with Crippen LogP contribution in [-0.2, 0) is 0 Å². The molecule has 2 nitrogen and oxygen atoms in total. The van der Waals surface area contributed by atoms with Crippen LogP contribution < -0.4 is 5.73 Å². The number of nitrogens with two attached hydrogens (primary N) is 1. The molecule has 112 valence electrons. The Hall–Kier alpha value is -0.770. The van der Waals surface area contributed by atoms with E-state index in [2.05, 4.69) is 0 Å². The first-order valence-electron chi connectivity index (χ1n) is 6.54. The zero-order valence-corrected chi connectivity index (χ0v) is 13.8. The molecule has 5 heteroatoms. The molecule has 2 atom stereocenters. The summed E-state index contributed by atoms with van der Waals surface area (Å²) in [6.45, 7) is 2.09. The lowest BCUT2D eigenvalue weighted by Crippen LogP contribution is -2.21. The first kappa shape index (κ1) is 16.6. The molecular weight excluding hydrogens is 329 g/mol. The average molecular weight is 345 g/mol. The van der Waals surface area contributed by atoms with E-state index in [0.717, 1.165) is 5.56 Å². The average Bonchev–Trinajstić information content (AvgIpc) is 2.45. The SMILES string of the molecule is Cc1cccc(C(O)C(CN)c2c(Cl)cccc2Cl)c1Cl. The molecule has 0 heterocycles. The van der Waals surface area contributed by atoms with Gasteiger partial charge in [0.1, 0.15) is 0 Å². The first-order valence-corrected chi connectivity index (χ1v) is 7.67. The van der Waals surface area contributed by atoms with Crippen LogP contribution in [0.3, 0.4) is 0 Å². The van der Waals surface area contributed by atoms with Crippen molar-refractivity contribution in [1.82, 2.24) is 0 Å². The van der Waals surface area contributed by atoms with Crippen LogP contribution in [0.15, 0.2) is 36.4 Å². The molecule has 2 unspecified atom stereocenters. The number of halogens is 3. The van der Waals surface area contributed by atoms with Crippen LogP contribution in [0.5, 0.6) is 0 Å². The van der Waals surface area contributed by atoms with Crippen molar-refractivity contribution >= 4 is 34.8 Å². The summed E-state index contributed by atoms with van der Waals surface area (Å²) >= 11 is 18.7. The van der Waals surface area contributed by atoms with Gasteiger partial charge >= 0.3 is 0 Å². The fourth-order valence-electron chi connectivity index (χ4n) is 2.38. The van der Waals surface area contributed by atoms with Crippen molar-refractivity contribution in [2.24, 2.45) is 5.73 Å². The molecule has 0 aliphatic carbocycles. The van der Waals surface area contributed by atoms with E-state index in [-0.39, 0.29) is 6.54 Å². The Morgan fingerprint density at radius 1 is 1.05 bits per heavy atom. The van der Waals surface area contributed by atoms with Gasteiger partial charge in [0, 0.05) is 33.1 Å². The zero-order chi connectivity index (χ0) is 15.6. The molecule has 3 N–H and O–H groups in total. The minimum atomic E-state index is -0.875. The normalized spacial score (nSPS) is 14.0. The fraction of sp³-hybridized carbons (Fsp3) is 0.250.